The van der Waals surface area contributed by atoms with E-state index in [-0.39, 0.29) is 28.2 Å². The number of hydrogen-bond acceptors (Lipinski definition) is 8. The van der Waals surface area contributed by atoms with Crippen molar-refractivity contribution in [2.45, 2.75) is 5.25 Å². The number of nitriles is 2. The molecule has 4 N–H and O–H groups in total. The minimum atomic E-state index is -0.763. The van der Waals surface area contributed by atoms with Gasteiger partial charge >= 0.3 is 0 Å². The first-order valence-corrected chi connectivity index (χ1v) is 10.0. The Balaban J connectivity index is 1.76. The minimum Gasteiger partial charge on any atom is -0.384 e. The molecule has 0 saturated carbocycles. The van der Waals surface area contributed by atoms with Gasteiger partial charge in [0.25, 0.3) is 0 Å². The minimum absolute atomic E-state index is 0.120. The molecule has 0 aromatic heterocycles. The van der Waals surface area contributed by atoms with Crippen molar-refractivity contribution in [3.05, 3.63) is 83.3 Å². The van der Waals surface area contributed by atoms with Crippen molar-refractivity contribution < 1.29 is 4.79 Å². The van der Waals surface area contributed by atoms with E-state index in [1.807, 2.05) is 60.7 Å². The Morgan fingerprint density at radius 1 is 1.00 bits per heavy atom. The van der Waals surface area contributed by atoms with Gasteiger partial charge in [-0.15, -0.1) is 0 Å². The maximum absolute atomic E-state index is 13.2. The predicted molar refractivity (Wildman–Crippen MR) is 120 cm³/mol. The van der Waals surface area contributed by atoms with E-state index in [0.29, 0.717) is 17.1 Å². The summed E-state index contributed by atoms with van der Waals surface area (Å²) >= 11 is 1.10. The van der Waals surface area contributed by atoms with Gasteiger partial charge in [-0.2, -0.15) is 10.5 Å². The number of nitrogens with one attached hydrogen (secondary N) is 2. The summed E-state index contributed by atoms with van der Waals surface area (Å²) in [7, 11) is 0. The summed E-state index contributed by atoms with van der Waals surface area (Å²) in [6.07, 6.45) is 1.40. The number of allylic oxidation sites excluding steroid dienone is 2. The van der Waals surface area contributed by atoms with Crippen LogP contribution in [-0.4, -0.2) is 22.0 Å². The van der Waals surface area contributed by atoms with Gasteiger partial charge in [0, 0.05) is 6.08 Å². The SMILES string of the molecule is N#CC(C#N)=C1C=C(N)N=C(SC2C(=O)Nc3ccccc3N=C2c2ccccc2)N1. The maximum atomic E-state index is 13.2. The molecule has 9 heteroatoms. The van der Waals surface area contributed by atoms with Gasteiger partial charge in [0.2, 0.25) is 5.91 Å². The average molecular weight is 425 g/mol. The fourth-order valence-corrected chi connectivity index (χ4v) is 4.06. The van der Waals surface area contributed by atoms with Gasteiger partial charge in [-0.1, -0.05) is 54.2 Å². The first-order valence-electron chi connectivity index (χ1n) is 9.17. The summed E-state index contributed by atoms with van der Waals surface area (Å²) in [6, 6.07) is 20.3. The van der Waals surface area contributed by atoms with Crippen LogP contribution >= 0.6 is 11.8 Å². The van der Waals surface area contributed by atoms with Crippen molar-refractivity contribution in [2.75, 3.05) is 5.32 Å². The van der Waals surface area contributed by atoms with Crippen LogP contribution in [0.25, 0.3) is 0 Å². The highest BCUT2D eigenvalue weighted by atomic mass is 32.2. The van der Waals surface area contributed by atoms with Crippen LogP contribution in [0, 0.1) is 22.7 Å². The van der Waals surface area contributed by atoms with Crippen LogP contribution in [0.15, 0.2) is 87.7 Å². The number of anilines is 1. The first-order chi connectivity index (χ1) is 15.1. The molecular formula is C22H15N7OS. The Kier molecular flexibility index (Phi) is 5.52. The first kappa shape index (κ1) is 20.0. The number of aliphatic imine (C=N–C) groups is 2. The molecule has 150 valence electrons. The molecule has 0 aliphatic carbocycles. The number of nitrogens with two attached hydrogens (primary N) is 1. The van der Waals surface area contributed by atoms with Crippen LogP contribution in [0.3, 0.4) is 0 Å². The van der Waals surface area contributed by atoms with E-state index >= 15 is 0 Å². The van der Waals surface area contributed by atoms with Crippen LogP contribution in [0.4, 0.5) is 11.4 Å². The molecule has 0 saturated heterocycles. The summed E-state index contributed by atoms with van der Waals surface area (Å²) in [4.78, 5) is 22.2. The normalized spacial score (nSPS) is 17.4. The fraction of sp³-hybridized carbons (Fsp3) is 0.0455. The van der Waals surface area contributed by atoms with Gasteiger partial charge in [0.15, 0.2) is 10.7 Å². The molecule has 4 rings (SSSR count). The summed E-state index contributed by atoms with van der Waals surface area (Å²) < 4.78 is 0. The lowest BCUT2D eigenvalue weighted by Gasteiger charge is -2.20. The van der Waals surface area contributed by atoms with E-state index in [1.165, 1.54) is 6.08 Å². The quantitative estimate of drug-likeness (QED) is 0.632. The number of carbonyl (C=O) groups is 1. The largest absolute Gasteiger partial charge is 0.384 e. The Bertz CT molecular complexity index is 1250. The lowest BCUT2D eigenvalue weighted by atomic mass is 10.1. The van der Waals surface area contributed by atoms with Crippen molar-refractivity contribution in [1.29, 1.82) is 10.5 Å². The van der Waals surface area contributed by atoms with Gasteiger partial charge in [0.1, 0.15) is 23.2 Å². The van der Waals surface area contributed by atoms with Crippen LogP contribution in [0.5, 0.6) is 0 Å². The number of fused-ring (bicyclic) bond motifs is 1. The third kappa shape index (κ3) is 4.17. The number of rotatable bonds is 2. The van der Waals surface area contributed by atoms with Crippen LogP contribution < -0.4 is 16.4 Å². The molecule has 31 heavy (non-hydrogen) atoms. The highest BCUT2D eigenvalue weighted by molar-refractivity contribution is 8.15. The predicted octanol–water partition coefficient (Wildman–Crippen LogP) is 2.92. The number of thioether (sulfide) groups is 1. The lowest BCUT2D eigenvalue weighted by Crippen LogP contribution is -2.36. The van der Waals surface area contributed by atoms with Crippen LogP contribution in [-0.2, 0) is 4.79 Å². The monoisotopic (exact) mass is 425 g/mol. The summed E-state index contributed by atoms with van der Waals surface area (Å²) in [5.41, 5.74) is 8.58. The van der Waals surface area contributed by atoms with Gasteiger partial charge in [-0.05, 0) is 17.7 Å². The smallest absolute Gasteiger partial charge is 0.244 e. The van der Waals surface area contributed by atoms with E-state index in [4.69, 9.17) is 10.7 Å². The average Bonchev–Trinajstić information content (AvgIpc) is 2.91. The van der Waals surface area contributed by atoms with E-state index in [0.717, 1.165) is 17.3 Å². The van der Waals surface area contributed by atoms with Crippen LogP contribution in [0.2, 0.25) is 0 Å². The zero-order valence-corrected chi connectivity index (χ0v) is 16.9. The molecule has 8 nitrogen and oxygen atoms in total. The number of carbonyl (C=O) groups excluding carboxylic acids is 1. The van der Waals surface area contributed by atoms with E-state index in [1.54, 1.807) is 6.07 Å². The number of hydrogen-bond donors (Lipinski definition) is 3. The summed E-state index contributed by atoms with van der Waals surface area (Å²) in [5, 5.41) is 23.7. The van der Waals surface area contributed by atoms with Crippen LogP contribution in [0.1, 0.15) is 5.56 Å². The van der Waals surface area contributed by atoms with Crippen molar-refractivity contribution >= 4 is 39.9 Å². The molecular weight excluding hydrogens is 410 g/mol. The molecule has 0 bridgehead atoms. The third-order valence-corrected chi connectivity index (χ3v) is 5.54. The molecule has 1 amide bonds. The molecule has 0 spiro atoms. The zero-order valence-electron chi connectivity index (χ0n) is 16.0. The second kappa shape index (κ2) is 8.57. The molecule has 2 aliphatic rings. The molecule has 1 atom stereocenters. The number of nitrogens with zero attached hydrogens (tertiary/aromatic N) is 4. The number of amidine groups is 1. The summed E-state index contributed by atoms with van der Waals surface area (Å²) in [6.45, 7) is 0. The second-order valence-electron chi connectivity index (χ2n) is 6.49. The van der Waals surface area contributed by atoms with Crippen molar-refractivity contribution in [3.8, 4) is 12.1 Å². The number of para-hydroxylation sites is 2. The highest BCUT2D eigenvalue weighted by Gasteiger charge is 2.32. The van der Waals surface area contributed by atoms with Gasteiger partial charge in [-0.25, -0.2) is 9.98 Å². The highest BCUT2D eigenvalue weighted by Crippen LogP contribution is 2.33. The maximum Gasteiger partial charge on any atom is 0.244 e. The number of benzene rings is 2. The Morgan fingerprint density at radius 2 is 1.71 bits per heavy atom. The molecule has 2 aromatic carbocycles. The van der Waals surface area contributed by atoms with E-state index in [2.05, 4.69) is 15.6 Å². The summed E-state index contributed by atoms with van der Waals surface area (Å²) in [5.74, 6) is -0.156. The number of amides is 1. The van der Waals surface area contributed by atoms with Gasteiger partial charge < -0.3 is 16.4 Å². The molecule has 2 aliphatic heterocycles. The van der Waals surface area contributed by atoms with Crippen molar-refractivity contribution in [1.82, 2.24) is 5.32 Å². The Hall–Kier alpha value is -4.34. The Morgan fingerprint density at radius 3 is 2.45 bits per heavy atom. The fourth-order valence-electron chi connectivity index (χ4n) is 3.05. The van der Waals surface area contributed by atoms with E-state index < -0.39 is 5.25 Å². The second-order valence-corrected chi connectivity index (χ2v) is 7.58. The van der Waals surface area contributed by atoms with Crippen molar-refractivity contribution in [3.63, 3.8) is 0 Å². The standard InChI is InChI=1S/C22H15N7OS/c23-11-14(12-24)17-10-18(25)29-22(28-17)31-20-19(13-6-2-1-3-7-13)26-15-8-4-5-9-16(15)27-21(20)30/h1-10,20H,25H2,(H,27,30)(H,28,29). The molecule has 2 aromatic rings. The molecule has 2 heterocycles. The topological polar surface area (TPSA) is 139 Å². The zero-order chi connectivity index (χ0) is 21.8. The van der Waals surface area contributed by atoms with Gasteiger partial charge in [0.05, 0.1) is 22.8 Å². The molecule has 1 unspecified atom stereocenters. The Labute approximate surface area is 182 Å². The van der Waals surface area contributed by atoms with E-state index in [9.17, 15) is 15.3 Å². The van der Waals surface area contributed by atoms with Crippen molar-refractivity contribution in [2.24, 2.45) is 15.7 Å². The molecule has 0 fully saturated rings. The third-order valence-electron chi connectivity index (χ3n) is 4.45. The van der Waals surface area contributed by atoms with Gasteiger partial charge in [-0.3, -0.25) is 4.79 Å². The molecule has 0 radical (unpaired) electrons. The lowest BCUT2D eigenvalue weighted by molar-refractivity contribution is -0.114.